The van der Waals surface area contributed by atoms with E-state index in [1.165, 1.54) is 0 Å². The Hall–Kier alpha value is 0.580. The molecule has 0 heterocycles. The van der Waals surface area contributed by atoms with Crippen molar-refractivity contribution in [2.45, 2.75) is 45.6 Å². The summed E-state index contributed by atoms with van der Waals surface area (Å²) in [5, 5.41) is 0. The van der Waals surface area contributed by atoms with E-state index in [9.17, 15) is 14.7 Å². The van der Waals surface area contributed by atoms with E-state index in [4.69, 9.17) is 10.7 Å². The smallest absolute Gasteiger partial charge is 0.277 e. The first-order valence-corrected chi connectivity index (χ1v) is 9.38. The number of unbranched alkanes of at least 4 members (excludes halogenated alkanes) is 1. The van der Waals surface area contributed by atoms with Gasteiger partial charge >= 0.3 is 0 Å². The molecule has 0 aliphatic carbocycles. The van der Waals surface area contributed by atoms with Crippen LogP contribution in [0.3, 0.4) is 0 Å². The molecular weight excluding hydrogens is 249 g/mol. The molecule has 0 fully saturated rings. The molecule has 0 aromatic rings. The predicted molar refractivity (Wildman–Crippen MR) is 69.6 cm³/mol. The molecule has 0 radical (unpaired) electrons. The minimum atomic E-state index is -3.75. The molecule has 0 amide bonds. The van der Waals surface area contributed by atoms with Gasteiger partial charge in [-0.15, -0.1) is 10.1 Å². The van der Waals surface area contributed by atoms with Crippen molar-refractivity contribution in [1.82, 2.24) is 0 Å². The summed E-state index contributed by atoms with van der Waals surface area (Å²) in [7, 11) is -0.802. The van der Waals surface area contributed by atoms with Gasteiger partial charge in [-0.3, -0.25) is 0 Å². The molecule has 16 heavy (non-hydrogen) atoms. The van der Waals surface area contributed by atoms with Crippen molar-refractivity contribution >= 4 is 16.8 Å². The van der Waals surface area contributed by atoms with E-state index in [-0.39, 0.29) is 6.10 Å². The Morgan fingerprint density at radius 1 is 1.25 bits per heavy atom. The average Bonchev–Trinajstić information content (AvgIpc) is 2.21. The fourth-order valence-electron chi connectivity index (χ4n) is 1.38. The molecule has 0 rings (SSSR count). The summed E-state index contributed by atoms with van der Waals surface area (Å²) in [6.45, 7) is 0.265. The van der Waals surface area contributed by atoms with Crippen LogP contribution in [0.5, 0.6) is 0 Å². The molecule has 0 aromatic heterocycles. The maximum absolute atomic E-state index is 9.32. The highest BCUT2D eigenvalue weighted by Gasteiger charge is 2.17. The number of nitrogens with two attached hydrogens (primary N) is 1. The first-order valence-electron chi connectivity index (χ1n) is 5.56. The van der Waals surface area contributed by atoms with E-state index in [0.717, 1.165) is 25.7 Å². The second-order valence-electron chi connectivity index (χ2n) is 3.75. The summed E-state index contributed by atoms with van der Waals surface area (Å²) in [6, 6.07) is 0. The van der Waals surface area contributed by atoms with Crippen LogP contribution < -0.4 is 5.90 Å². The molecule has 0 saturated heterocycles. The van der Waals surface area contributed by atoms with E-state index >= 15 is 0 Å². The van der Waals surface area contributed by atoms with Gasteiger partial charge in [0.1, 0.15) is 0 Å². The molecule has 0 saturated carbocycles. The molecular formula is C9H24NO4PS. The Balaban J connectivity index is 4.49. The Labute approximate surface area is 99.8 Å². The Bertz CT molecular complexity index is 235. The molecule has 5 N–H and O–H groups in total. The largest absolute Gasteiger partial charge is 0.329 e. The minimum absolute atomic E-state index is 0.194. The van der Waals surface area contributed by atoms with E-state index in [0.29, 0.717) is 11.5 Å². The van der Waals surface area contributed by atoms with Gasteiger partial charge in [0.2, 0.25) is 0 Å². The third-order valence-corrected chi connectivity index (χ3v) is 7.64. The van der Waals surface area contributed by atoms with Crippen molar-refractivity contribution in [3.05, 3.63) is 0 Å². The number of rotatable bonds is 8. The molecule has 0 spiro atoms. The quantitative estimate of drug-likeness (QED) is 0.392. The van der Waals surface area contributed by atoms with E-state index in [2.05, 4.69) is 6.92 Å². The van der Waals surface area contributed by atoms with E-state index in [1.807, 2.05) is 6.92 Å². The molecule has 0 bridgehead atoms. The van der Waals surface area contributed by atoms with Crippen molar-refractivity contribution < 1.29 is 19.5 Å². The van der Waals surface area contributed by atoms with Gasteiger partial charge in [0.05, 0.1) is 6.10 Å². The second-order valence-corrected chi connectivity index (χ2v) is 9.46. The first kappa shape index (κ1) is 16.6. The van der Waals surface area contributed by atoms with Crippen LogP contribution in [0.1, 0.15) is 39.5 Å². The van der Waals surface area contributed by atoms with Gasteiger partial charge in [0, 0.05) is 5.75 Å². The van der Waals surface area contributed by atoms with Crippen molar-refractivity contribution in [3.8, 4) is 0 Å². The fraction of sp³-hybridized carbons (Fsp3) is 1.00. The Morgan fingerprint density at radius 3 is 2.25 bits per heavy atom. The standard InChI is InChI=1S/C9H24NO4PS/c1-3-5-6-9(14-10)8-16(7-4-2)15(11,12)13/h9,11-13H,3-8,10H2,1-2H3. The van der Waals surface area contributed by atoms with Crippen LogP contribution >= 0.6 is 6.72 Å². The zero-order chi connectivity index (χ0) is 12.6. The maximum Gasteiger partial charge on any atom is 0.277 e. The molecule has 0 aromatic carbocycles. The number of hydrogen-bond acceptors (Lipinski definition) is 2. The molecule has 7 heteroatoms. The van der Waals surface area contributed by atoms with Gasteiger partial charge in [-0.25, -0.2) is 5.90 Å². The van der Waals surface area contributed by atoms with Crippen LogP contribution in [0.15, 0.2) is 0 Å². The highest BCUT2D eigenvalue weighted by atomic mass is 32.5. The highest BCUT2D eigenvalue weighted by Crippen LogP contribution is 2.37. The van der Waals surface area contributed by atoms with Crippen molar-refractivity contribution in [2.75, 3.05) is 11.5 Å². The summed E-state index contributed by atoms with van der Waals surface area (Å²) in [5.41, 5.74) is 0. The monoisotopic (exact) mass is 273 g/mol. The van der Waals surface area contributed by atoms with Crippen LogP contribution in [0.4, 0.5) is 0 Å². The third-order valence-electron chi connectivity index (χ3n) is 2.24. The van der Waals surface area contributed by atoms with Gasteiger partial charge in [-0.1, -0.05) is 26.7 Å². The lowest BCUT2D eigenvalue weighted by Gasteiger charge is -2.20. The fourth-order valence-corrected chi connectivity index (χ4v) is 5.52. The minimum Gasteiger partial charge on any atom is -0.329 e. The predicted octanol–water partition coefficient (Wildman–Crippen LogP) is 1.12. The summed E-state index contributed by atoms with van der Waals surface area (Å²) in [5.74, 6) is 6.21. The summed E-state index contributed by atoms with van der Waals surface area (Å²) >= 11 is 0. The van der Waals surface area contributed by atoms with Crippen LogP contribution in [-0.2, 0) is 14.9 Å². The Morgan fingerprint density at radius 2 is 1.88 bits per heavy atom. The summed E-state index contributed by atoms with van der Waals surface area (Å²) in [4.78, 5) is 32.8. The zero-order valence-corrected chi connectivity index (χ0v) is 11.7. The Kier molecular flexibility index (Phi) is 8.95. The average molecular weight is 273 g/mol. The van der Waals surface area contributed by atoms with Crippen molar-refractivity contribution in [3.63, 3.8) is 0 Å². The molecule has 0 aliphatic rings. The van der Waals surface area contributed by atoms with Crippen LogP contribution in [0.2, 0.25) is 0 Å². The summed E-state index contributed by atoms with van der Waals surface area (Å²) in [6.07, 6.45) is 3.43. The van der Waals surface area contributed by atoms with Gasteiger partial charge < -0.3 is 19.5 Å². The van der Waals surface area contributed by atoms with E-state index < -0.39 is 16.8 Å². The van der Waals surface area contributed by atoms with Crippen LogP contribution in [0, 0.1) is 0 Å². The van der Waals surface area contributed by atoms with Crippen molar-refractivity contribution in [2.24, 2.45) is 5.90 Å². The van der Waals surface area contributed by atoms with Crippen LogP contribution in [-0.4, -0.2) is 32.3 Å². The third kappa shape index (κ3) is 7.01. The zero-order valence-electron chi connectivity index (χ0n) is 10.0. The van der Waals surface area contributed by atoms with Gasteiger partial charge in [-0.2, -0.15) is 0 Å². The maximum atomic E-state index is 9.32. The second kappa shape index (κ2) is 8.64. The number of hydrogen-bond donors (Lipinski definition) is 4. The van der Waals surface area contributed by atoms with E-state index in [1.54, 1.807) is 0 Å². The van der Waals surface area contributed by atoms with Crippen molar-refractivity contribution in [1.29, 1.82) is 0 Å². The van der Waals surface area contributed by atoms with Crippen LogP contribution in [0.25, 0.3) is 0 Å². The lowest BCUT2D eigenvalue weighted by molar-refractivity contribution is 0.0622. The molecule has 2 atom stereocenters. The SMILES string of the molecule is CCCCC(CS(CCC)=P(O)(O)O)ON. The highest BCUT2D eigenvalue weighted by molar-refractivity contribution is 8.27. The first-order chi connectivity index (χ1) is 7.45. The molecule has 0 aliphatic heterocycles. The molecule has 2 unspecified atom stereocenters. The van der Waals surface area contributed by atoms with Gasteiger partial charge in [0.25, 0.3) is 6.72 Å². The lowest BCUT2D eigenvalue weighted by Crippen LogP contribution is -2.25. The molecule has 5 nitrogen and oxygen atoms in total. The summed E-state index contributed by atoms with van der Waals surface area (Å²) < 4.78 is 0. The molecule has 100 valence electrons. The normalized spacial score (nSPS) is 16.1. The van der Waals surface area contributed by atoms with Gasteiger partial charge in [0.15, 0.2) is 0 Å². The topological polar surface area (TPSA) is 95.9 Å². The lowest BCUT2D eigenvalue weighted by atomic mass is 10.2. The van der Waals surface area contributed by atoms with Gasteiger partial charge in [-0.05, 0) is 18.6 Å².